The third kappa shape index (κ3) is 14.3. The van der Waals surface area contributed by atoms with Gasteiger partial charge in [-0.05, 0) is 24.3 Å². The summed E-state index contributed by atoms with van der Waals surface area (Å²) in [5, 5.41) is 5.77. The van der Waals surface area contributed by atoms with Gasteiger partial charge in [0.1, 0.15) is 0 Å². The second kappa shape index (κ2) is 19.6. The van der Waals surface area contributed by atoms with Crippen LogP contribution in [0.5, 0.6) is 0 Å². The molecule has 12 heteroatoms. The first-order valence-electron chi connectivity index (χ1n) is 11.8. The Kier molecular flexibility index (Phi) is 16.8. The van der Waals surface area contributed by atoms with Crippen molar-refractivity contribution < 1.29 is 9.59 Å². The summed E-state index contributed by atoms with van der Waals surface area (Å²) < 4.78 is 0. The molecule has 2 aromatic heterocycles. The smallest absolute Gasteiger partial charge is 0.234 e. The number of carbonyl (C=O) groups is 2. The fourth-order valence-electron chi connectivity index (χ4n) is 3.23. The Labute approximate surface area is 233 Å². The van der Waals surface area contributed by atoms with Crippen LogP contribution in [0.1, 0.15) is 11.4 Å². The molecule has 2 N–H and O–H groups in total. The summed E-state index contributed by atoms with van der Waals surface area (Å²) in [6.45, 7) is 4.57. The van der Waals surface area contributed by atoms with Crippen molar-refractivity contribution in [1.82, 2.24) is 30.4 Å². The first-order valence-corrected chi connectivity index (χ1v) is 15.6. The number of amides is 2. The Morgan fingerprint density at radius 3 is 1.56 bits per heavy atom. The quantitative estimate of drug-likeness (QED) is 0.117. The summed E-state index contributed by atoms with van der Waals surface area (Å²) in [6, 6.07) is 11.6. The van der Waals surface area contributed by atoms with E-state index in [2.05, 4.69) is 55.7 Å². The van der Waals surface area contributed by atoms with E-state index < -0.39 is 0 Å². The van der Waals surface area contributed by atoms with Crippen LogP contribution in [-0.4, -0.2) is 93.9 Å². The van der Waals surface area contributed by atoms with Crippen molar-refractivity contribution in [2.24, 2.45) is 0 Å². The van der Waals surface area contributed by atoms with Crippen molar-refractivity contribution in [3.05, 3.63) is 60.2 Å². The van der Waals surface area contributed by atoms with E-state index in [0.29, 0.717) is 50.8 Å². The molecule has 0 unspecified atom stereocenters. The molecule has 0 bridgehead atoms. The van der Waals surface area contributed by atoms with Gasteiger partial charge in [0, 0.05) is 74.7 Å². The lowest BCUT2D eigenvalue weighted by atomic mass is 10.3. The third-order valence-electron chi connectivity index (χ3n) is 4.89. The molecule has 0 saturated heterocycles. The van der Waals surface area contributed by atoms with Gasteiger partial charge in [-0.3, -0.25) is 29.4 Å². The number of nitrogens with zero attached hydrogens (tertiary/aromatic N) is 4. The summed E-state index contributed by atoms with van der Waals surface area (Å²) in [5.41, 5.74) is 1.89. The monoisotopic (exact) mass is 568 g/mol. The number of hydrogen-bond acceptors (Lipinski definition) is 10. The number of carbonyl (C=O) groups excluding carboxylic acids is 2. The van der Waals surface area contributed by atoms with Gasteiger partial charge >= 0.3 is 0 Å². The van der Waals surface area contributed by atoms with Crippen molar-refractivity contribution in [2.45, 2.75) is 13.1 Å². The van der Waals surface area contributed by atoms with Crippen LogP contribution in [0.3, 0.4) is 0 Å². The maximum atomic E-state index is 12.2. The molecule has 0 aromatic carbocycles. The summed E-state index contributed by atoms with van der Waals surface area (Å²) >= 11 is 8.31. The van der Waals surface area contributed by atoms with Crippen LogP contribution in [0, 0.1) is 0 Å². The highest BCUT2D eigenvalue weighted by Crippen LogP contribution is 2.21. The number of aromatic nitrogens is 2. The Bertz CT molecular complexity index is 795. The van der Waals surface area contributed by atoms with Gasteiger partial charge in [0.25, 0.3) is 0 Å². The van der Waals surface area contributed by atoms with E-state index in [4.69, 9.17) is 0 Å². The summed E-state index contributed by atoms with van der Waals surface area (Å²) in [5.74, 6) is 2.98. The highest BCUT2D eigenvalue weighted by atomic mass is 33.1. The first kappa shape index (κ1) is 30.8. The molecule has 0 aliphatic rings. The molecule has 8 nitrogen and oxygen atoms in total. The van der Waals surface area contributed by atoms with Gasteiger partial charge in [-0.2, -0.15) is 25.3 Å². The number of nitrogens with one attached hydrogen (secondary N) is 2. The van der Waals surface area contributed by atoms with Gasteiger partial charge in [-0.25, -0.2) is 0 Å². The zero-order chi connectivity index (χ0) is 25.8. The fourth-order valence-corrected chi connectivity index (χ4v) is 5.51. The molecular formula is C24H36N6O2S4. The third-order valence-corrected chi connectivity index (χ3v) is 7.70. The van der Waals surface area contributed by atoms with E-state index in [1.807, 2.05) is 36.4 Å². The number of hydrogen-bond donors (Lipinski definition) is 4. The fraction of sp³-hybridized carbons (Fsp3) is 0.500. The van der Waals surface area contributed by atoms with Crippen molar-refractivity contribution in [2.75, 3.05) is 62.3 Å². The average Bonchev–Trinajstić information content (AvgIpc) is 2.89. The highest BCUT2D eigenvalue weighted by molar-refractivity contribution is 8.76. The largest absolute Gasteiger partial charge is 0.354 e. The van der Waals surface area contributed by atoms with Crippen LogP contribution in [-0.2, 0) is 22.7 Å². The lowest BCUT2D eigenvalue weighted by Crippen LogP contribution is -2.39. The minimum atomic E-state index is -0.000934. The molecule has 0 aliphatic carbocycles. The molecule has 0 fully saturated rings. The minimum Gasteiger partial charge on any atom is -0.354 e. The number of rotatable bonds is 19. The van der Waals surface area contributed by atoms with Gasteiger partial charge < -0.3 is 10.6 Å². The Morgan fingerprint density at radius 1 is 0.750 bits per heavy atom. The van der Waals surface area contributed by atoms with Gasteiger partial charge in [0.2, 0.25) is 11.8 Å². The van der Waals surface area contributed by atoms with Crippen LogP contribution in [0.15, 0.2) is 48.8 Å². The molecule has 0 saturated carbocycles. The number of thiol groups is 2. The SMILES string of the molecule is O=C(CN(CCSSCCN(CC(=O)NCCS)Cc1ccccn1)Cc1ccccn1)NCCS. The predicted octanol–water partition coefficient (Wildman–Crippen LogP) is 2.25. The lowest BCUT2D eigenvalue weighted by Gasteiger charge is -2.22. The van der Waals surface area contributed by atoms with E-state index in [1.165, 1.54) is 0 Å². The van der Waals surface area contributed by atoms with Gasteiger partial charge in [0.05, 0.1) is 24.5 Å². The maximum absolute atomic E-state index is 12.2. The zero-order valence-electron chi connectivity index (χ0n) is 20.4. The molecule has 0 radical (unpaired) electrons. The number of pyridine rings is 2. The van der Waals surface area contributed by atoms with Crippen molar-refractivity contribution in [3.8, 4) is 0 Å². The van der Waals surface area contributed by atoms with E-state index in [-0.39, 0.29) is 11.8 Å². The standard InChI is InChI=1S/C24H36N6O2S4/c31-23(27-9-13-33)19-29(17-21-5-1-3-7-25-21)11-15-35-36-16-12-30(20-24(32)28-10-14-34)18-22-6-2-4-8-26-22/h1-8,33-34H,9-20H2,(H,27,31)(H,28,32). The zero-order valence-corrected chi connectivity index (χ0v) is 23.8. The van der Waals surface area contributed by atoms with Crippen LogP contribution < -0.4 is 10.6 Å². The van der Waals surface area contributed by atoms with E-state index >= 15 is 0 Å². The van der Waals surface area contributed by atoms with Crippen LogP contribution >= 0.6 is 46.8 Å². The summed E-state index contributed by atoms with van der Waals surface area (Å²) in [7, 11) is 3.55. The first-order chi connectivity index (χ1) is 17.6. The molecule has 2 amide bonds. The lowest BCUT2D eigenvalue weighted by molar-refractivity contribution is -0.123. The average molecular weight is 569 g/mol. The molecule has 2 aromatic rings. The minimum absolute atomic E-state index is 0.000934. The normalized spacial score (nSPS) is 11.1. The molecule has 2 rings (SSSR count). The van der Waals surface area contributed by atoms with Gasteiger partial charge in [-0.1, -0.05) is 33.7 Å². The van der Waals surface area contributed by atoms with Crippen LogP contribution in [0.2, 0.25) is 0 Å². The molecular weight excluding hydrogens is 533 g/mol. The molecule has 0 aliphatic heterocycles. The van der Waals surface area contributed by atoms with Crippen molar-refractivity contribution in [1.29, 1.82) is 0 Å². The second-order valence-electron chi connectivity index (χ2n) is 7.85. The molecule has 198 valence electrons. The highest BCUT2D eigenvalue weighted by Gasteiger charge is 2.14. The Hall–Kier alpha value is -1.44. The molecule has 2 heterocycles. The van der Waals surface area contributed by atoms with E-state index in [9.17, 15) is 9.59 Å². The maximum Gasteiger partial charge on any atom is 0.234 e. The topological polar surface area (TPSA) is 90.5 Å². The van der Waals surface area contributed by atoms with Crippen LogP contribution in [0.25, 0.3) is 0 Å². The van der Waals surface area contributed by atoms with Gasteiger partial charge in [0.15, 0.2) is 0 Å². The van der Waals surface area contributed by atoms with E-state index in [1.54, 1.807) is 34.0 Å². The predicted molar refractivity (Wildman–Crippen MR) is 158 cm³/mol. The Balaban J connectivity index is 1.78. The van der Waals surface area contributed by atoms with E-state index in [0.717, 1.165) is 36.0 Å². The van der Waals surface area contributed by atoms with Crippen molar-refractivity contribution >= 4 is 58.7 Å². The molecule has 0 atom stereocenters. The summed E-state index contributed by atoms with van der Waals surface area (Å²) in [4.78, 5) is 37.5. The van der Waals surface area contributed by atoms with Crippen LogP contribution in [0.4, 0.5) is 0 Å². The molecule has 36 heavy (non-hydrogen) atoms. The van der Waals surface area contributed by atoms with Gasteiger partial charge in [-0.15, -0.1) is 0 Å². The molecule has 0 spiro atoms. The van der Waals surface area contributed by atoms with Crippen molar-refractivity contribution in [3.63, 3.8) is 0 Å². The summed E-state index contributed by atoms with van der Waals surface area (Å²) in [6.07, 6.45) is 3.54. The Morgan fingerprint density at radius 2 is 1.19 bits per heavy atom. The second-order valence-corrected chi connectivity index (χ2v) is 11.5.